The molecule has 0 amide bonds. The average Bonchev–Trinajstić information content (AvgIpc) is 2.30. The lowest BCUT2D eigenvalue weighted by molar-refractivity contribution is -0.0887. The predicted octanol–water partition coefficient (Wildman–Crippen LogP) is 1.66. The molecular weight excluding hydrogens is 186 g/mol. The molecule has 15 heavy (non-hydrogen) atoms. The Kier molecular flexibility index (Phi) is 5.58. The smallest absolute Gasteiger partial charge is 0.119 e. The summed E-state index contributed by atoms with van der Waals surface area (Å²) in [6, 6.07) is 0. The first-order valence-corrected chi connectivity index (χ1v) is 6.50. The van der Waals surface area contributed by atoms with E-state index in [4.69, 9.17) is 0 Å². The van der Waals surface area contributed by atoms with Gasteiger partial charge in [-0.05, 0) is 32.6 Å². The van der Waals surface area contributed by atoms with Gasteiger partial charge in [-0.1, -0.05) is 27.7 Å². The first kappa shape index (κ1) is 12.9. The number of rotatable bonds is 5. The molecule has 0 bridgehead atoms. The Hall–Kier alpha value is -0.120. The van der Waals surface area contributed by atoms with Crippen LogP contribution in [0.4, 0.5) is 0 Å². The van der Waals surface area contributed by atoms with E-state index in [1.807, 2.05) is 0 Å². The third-order valence-electron chi connectivity index (χ3n) is 3.50. The maximum atomic E-state index is 2.60. The van der Waals surface area contributed by atoms with Crippen LogP contribution in [0.2, 0.25) is 0 Å². The second-order valence-corrected chi connectivity index (χ2v) is 4.18. The van der Waals surface area contributed by atoms with Gasteiger partial charge in [0, 0.05) is 13.1 Å². The normalized spacial score (nSPS) is 21.4. The molecule has 1 aliphatic heterocycles. The van der Waals surface area contributed by atoms with Crippen molar-refractivity contribution in [2.24, 2.45) is 0 Å². The van der Waals surface area contributed by atoms with Gasteiger partial charge < -0.3 is 0 Å². The molecule has 0 atom stereocenters. The molecule has 0 radical (unpaired) electrons. The highest BCUT2D eigenvalue weighted by molar-refractivity contribution is 4.77. The highest BCUT2D eigenvalue weighted by Crippen LogP contribution is 2.17. The fourth-order valence-electron chi connectivity index (χ4n) is 2.59. The third kappa shape index (κ3) is 2.92. The molecule has 3 nitrogen and oxygen atoms in total. The second kappa shape index (κ2) is 6.46. The lowest BCUT2D eigenvalue weighted by Gasteiger charge is -2.48. The van der Waals surface area contributed by atoms with Crippen molar-refractivity contribution in [3.63, 3.8) is 0 Å². The van der Waals surface area contributed by atoms with Gasteiger partial charge >= 0.3 is 0 Å². The van der Waals surface area contributed by atoms with Crippen molar-refractivity contribution in [1.82, 2.24) is 14.7 Å². The van der Waals surface area contributed by atoms with E-state index in [0.717, 1.165) is 26.2 Å². The summed E-state index contributed by atoms with van der Waals surface area (Å²) in [5.41, 5.74) is 0. The first-order valence-electron chi connectivity index (χ1n) is 6.50. The molecule has 0 aromatic rings. The summed E-state index contributed by atoms with van der Waals surface area (Å²) in [6.07, 6.45) is 1.86. The second-order valence-electron chi connectivity index (χ2n) is 4.18. The van der Waals surface area contributed by atoms with Gasteiger partial charge in [0.1, 0.15) is 6.29 Å². The maximum Gasteiger partial charge on any atom is 0.119 e. The zero-order chi connectivity index (χ0) is 11.3. The molecule has 0 aromatic heterocycles. The lowest BCUT2D eigenvalue weighted by Crippen LogP contribution is -2.61. The van der Waals surface area contributed by atoms with Gasteiger partial charge in [-0.3, -0.25) is 14.7 Å². The van der Waals surface area contributed by atoms with E-state index in [0.29, 0.717) is 6.29 Å². The predicted molar refractivity (Wildman–Crippen MR) is 65.8 cm³/mol. The van der Waals surface area contributed by atoms with Crippen LogP contribution in [0, 0.1) is 0 Å². The number of nitrogens with zero attached hydrogens (tertiary/aromatic N) is 3. The molecule has 3 heteroatoms. The van der Waals surface area contributed by atoms with Crippen molar-refractivity contribution in [2.45, 2.75) is 40.4 Å². The number of hydrogen-bond acceptors (Lipinski definition) is 3. The van der Waals surface area contributed by atoms with Crippen LogP contribution in [-0.2, 0) is 0 Å². The van der Waals surface area contributed by atoms with Crippen molar-refractivity contribution in [3.05, 3.63) is 0 Å². The van der Waals surface area contributed by atoms with Crippen molar-refractivity contribution in [2.75, 3.05) is 39.3 Å². The Bertz CT molecular complexity index is 145. The molecule has 1 fully saturated rings. The van der Waals surface area contributed by atoms with Gasteiger partial charge in [-0.25, -0.2) is 0 Å². The van der Waals surface area contributed by atoms with E-state index < -0.39 is 0 Å². The Labute approximate surface area is 95.0 Å². The molecule has 0 spiro atoms. The topological polar surface area (TPSA) is 9.72 Å². The fourth-order valence-corrected chi connectivity index (χ4v) is 2.59. The Morgan fingerprint density at radius 2 is 1.40 bits per heavy atom. The molecule has 0 saturated carbocycles. The van der Waals surface area contributed by atoms with Crippen molar-refractivity contribution in [1.29, 1.82) is 0 Å². The molecule has 90 valence electrons. The molecule has 1 saturated heterocycles. The molecule has 0 aromatic carbocycles. The molecule has 0 aliphatic carbocycles. The van der Waals surface area contributed by atoms with E-state index in [1.54, 1.807) is 0 Å². The summed E-state index contributed by atoms with van der Waals surface area (Å²) >= 11 is 0. The van der Waals surface area contributed by atoms with Gasteiger partial charge in [-0.15, -0.1) is 0 Å². The SMILES string of the molecule is CCN(CC)C1N(CC)CCCN1CC. The monoisotopic (exact) mass is 213 g/mol. The molecule has 0 unspecified atom stereocenters. The largest absolute Gasteiger partial charge is 0.276 e. The van der Waals surface area contributed by atoms with Crippen LogP contribution < -0.4 is 0 Å². The summed E-state index contributed by atoms with van der Waals surface area (Å²) in [6.45, 7) is 16.2. The minimum atomic E-state index is 0.545. The molecular formula is C12H27N3. The Morgan fingerprint density at radius 1 is 0.933 bits per heavy atom. The van der Waals surface area contributed by atoms with Gasteiger partial charge in [0.05, 0.1) is 0 Å². The minimum absolute atomic E-state index is 0.545. The molecule has 0 N–H and O–H groups in total. The zero-order valence-corrected chi connectivity index (χ0v) is 10.9. The van der Waals surface area contributed by atoms with Crippen LogP contribution in [0.3, 0.4) is 0 Å². The Morgan fingerprint density at radius 3 is 1.73 bits per heavy atom. The van der Waals surface area contributed by atoms with Gasteiger partial charge in [-0.2, -0.15) is 0 Å². The third-order valence-corrected chi connectivity index (χ3v) is 3.50. The summed E-state index contributed by atoms with van der Waals surface area (Å²) < 4.78 is 0. The summed E-state index contributed by atoms with van der Waals surface area (Å²) in [4.78, 5) is 7.76. The van der Waals surface area contributed by atoms with Crippen LogP contribution in [0.5, 0.6) is 0 Å². The highest BCUT2D eigenvalue weighted by atomic mass is 15.5. The van der Waals surface area contributed by atoms with E-state index >= 15 is 0 Å². The van der Waals surface area contributed by atoms with Crippen LogP contribution >= 0.6 is 0 Å². The maximum absolute atomic E-state index is 2.60. The van der Waals surface area contributed by atoms with E-state index in [9.17, 15) is 0 Å². The van der Waals surface area contributed by atoms with E-state index in [-0.39, 0.29) is 0 Å². The standard InChI is InChI=1S/C12H27N3/c1-5-13(6-2)12-14(7-3)10-9-11-15(12)8-4/h12H,5-11H2,1-4H3. The van der Waals surface area contributed by atoms with Crippen LogP contribution in [0.1, 0.15) is 34.1 Å². The van der Waals surface area contributed by atoms with Crippen molar-refractivity contribution in [3.8, 4) is 0 Å². The fraction of sp³-hybridized carbons (Fsp3) is 1.00. The summed E-state index contributed by atoms with van der Waals surface area (Å²) in [5, 5.41) is 0. The Balaban J connectivity index is 2.72. The average molecular weight is 213 g/mol. The van der Waals surface area contributed by atoms with Crippen LogP contribution in [0.15, 0.2) is 0 Å². The first-order chi connectivity index (χ1) is 7.28. The van der Waals surface area contributed by atoms with Gasteiger partial charge in [0.15, 0.2) is 0 Å². The minimum Gasteiger partial charge on any atom is -0.276 e. The van der Waals surface area contributed by atoms with Gasteiger partial charge in [0.25, 0.3) is 0 Å². The van der Waals surface area contributed by atoms with Gasteiger partial charge in [0.2, 0.25) is 0 Å². The molecule has 1 heterocycles. The quantitative estimate of drug-likeness (QED) is 0.688. The number of hydrogen-bond donors (Lipinski definition) is 0. The van der Waals surface area contributed by atoms with E-state index in [1.165, 1.54) is 19.5 Å². The summed E-state index contributed by atoms with van der Waals surface area (Å²) in [7, 11) is 0. The molecule has 1 rings (SSSR count). The summed E-state index contributed by atoms with van der Waals surface area (Å²) in [5.74, 6) is 0. The van der Waals surface area contributed by atoms with Crippen LogP contribution in [0.25, 0.3) is 0 Å². The lowest BCUT2D eigenvalue weighted by atomic mass is 10.2. The van der Waals surface area contributed by atoms with Crippen LogP contribution in [-0.4, -0.2) is 60.3 Å². The van der Waals surface area contributed by atoms with Crippen molar-refractivity contribution < 1.29 is 0 Å². The zero-order valence-electron chi connectivity index (χ0n) is 10.9. The molecule has 1 aliphatic rings. The van der Waals surface area contributed by atoms with E-state index in [2.05, 4.69) is 42.4 Å². The highest BCUT2D eigenvalue weighted by Gasteiger charge is 2.30. The van der Waals surface area contributed by atoms with Crippen molar-refractivity contribution >= 4 is 0 Å².